The molecule has 278 valence electrons. The van der Waals surface area contributed by atoms with Gasteiger partial charge in [0.1, 0.15) is 0 Å². The van der Waals surface area contributed by atoms with Crippen LogP contribution in [0.1, 0.15) is 0 Å². The smallest absolute Gasteiger partial charge is 0.250 e. The lowest BCUT2D eigenvalue weighted by molar-refractivity contribution is 1.23. The van der Waals surface area contributed by atoms with Crippen molar-refractivity contribution in [3.63, 3.8) is 0 Å². The Balaban J connectivity index is 1.14. The van der Waals surface area contributed by atoms with Crippen molar-refractivity contribution in [1.82, 2.24) is 0 Å². The molecular formula is C54H33B3N4. The average molecular weight is 770 g/mol. The molecular weight excluding hydrogens is 737 g/mol. The molecule has 6 aliphatic rings. The van der Waals surface area contributed by atoms with E-state index in [1.807, 2.05) is 0 Å². The lowest BCUT2D eigenvalue weighted by Crippen LogP contribution is -2.87. The number of anilines is 12. The predicted octanol–water partition coefficient (Wildman–Crippen LogP) is 6.99. The molecule has 4 nitrogen and oxygen atoms in total. The SMILES string of the molecule is c1ccc(N2c3cccc4c3B3c5c2cccc5N(c2ccccc2)c2cc5c6c(c23)B4c2cccc3c2B6c2c(cccc2N5c2ccccc2)N3c2ccccc2)cc1. The van der Waals surface area contributed by atoms with Crippen LogP contribution >= 0.6 is 0 Å². The van der Waals surface area contributed by atoms with Crippen LogP contribution in [0.3, 0.4) is 0 Å². The van der Waals surface area contributed by atoms with Gasteiger partial charge in [-0.3, -0.25) is 0 Å². The number of fused-ring (bicyclic) bond motifs is 2. The van der Waals surface area contributed by atoms with Crippen molar-refractivity contribution in [3.05, 3.63) is 200 Å². The van der Waals surface area contributed by atoms with E-state index in [9.17, 15) is 0 Å². The second kappa shape index (κ2) is 11.6. The minimum atomic E-state index is 0.0326. The summed E-state index contributed by atoms with van der Waals surface area (Å²) in [5.41, 5.74) is 27.6. The molecule has 6 heterocycles. The largest absolute Gasteiger partial charge is 0.311 e. The summed E-state index contributed by atoms with van der Waals surface area (Å²) in [7, 11) is 0. The molecule has 0 spiro atoms. The Bertz CT molecular complexity index is 3140. The summed E-state index contributed by atoms with van der Waals surface area (Å²) in [6.07, 6.45) is 0. The van der Waals surface area contributed by atoms with E-state index in [0.717, 1.165) is 0 Å². The molecule has 9 aromatic carbocycles. The Labute approximate surface area is 355 Å². The van der Waals surface area contributed by atoms with E-state index < -0.39 is 0 Å². The van der Waals surface area contributed by atoms with Crippen molar-refractivity contribution in [1.29, 1.82) is 0 Å². The minimum absolute atomic E-state index is 0.0326. The first-order chi connectivity index (χ1) is 30.3. The van der Waals surface area contributed by atoms with Crippen LogP contribution in [0, 0.1) is 0 Å². The minimum Gasteiger partial charge on any atom is -0.311 e. The van der Waals surface area contributed by atoms with Gasteiger partial charge in [0.2, 0.25) is 6.71 Å². The van der Waals surface area contributed by atoms with Gasteiger partial charge in [-0.05, 0) is 124 Å². The Hall–Kier alpha value is -7.63. The molecule has 0 fully saturated rings. The van der Waals surface area contributed by atoms with Crippen LogP contribution < -0.4 is 68.8 Å². The number of para-hydroxylation sites is 4. The molecule has 0 aromatic heterocycles. The molecule has 9 aromatic rings. The maximum atomic E-state index is 2.58. The molecule has 0 radical (unpaired) electrons. The van der Waals surface area contributed by atoms with Crippen molar-refractivity contribution in [2.24, 2.45) is 0 Å². The van der Waals surface area contributed by atoms with E-state index in [1.165, 1.54) is 117 Å². The van der Waals surface area contributed by atoms with E-state index >= 15 is 0 Å². The van der Waals surface area contributed by atoms with Crippen LogP contribution in [-0.2, 0) is 0 Å². The third-order valence-electron chi connectivity index (χ3n) is 14.4. The predicted molar refractivity (Wildman–Crippen MR) is 259 cm³/mol. The highest BCUT2D eigenvalue weighted by Gasteiger charge is 2.57. The van der Waals surface area contributed by atoms with E-state index in [-0.39, 0.29) is 20.1 Å². The van der Waals surface area contributed by atoms with Crippen LogP contribution in [0.2, 0.25) is 0 Å². The van der Waals surface area contributed by atoms with Crippen molar-refractivity contribution in [2.45, 2.75) is 0 Å². The molecule has 0 aliphatic carbocycles. The van der Waals surface area contributed by atoms with Crippen LogP contribution in [0.5, 0.6) is 0 Å². The van der Waals surface area contributed by atoms with Crippen molar-refractivity contribution in [2.75, 3.05) is 19.6 Å². The van der Waals surface area contributed by atoms with Gasteiger partial charge in [0.05, 0.1) is 0 Å². The lowest BCUT2D eigenvalue weighted by atomic mass is 9.12. The van der Waals surface area contributed by atoms with Crippen LogP contribution in [-0.4, -0.2) is 20.1 Å². The number of nitrogens with zero attached hydrogens (tertiary/aromatic N) is 4. The Morgan fingerprint density at radius 3 is 0.852 bits per heavy atom. The topological polar surface area (TPSA) is 13.0 Å². The molecule has 0 bridgehead atoms. The number of hydrogen-bond acceptors (Lipinski definition) is 4. The number of hydrogen-bond donors (Lipinski definition) is 0. The van der Waals surface area contributed by atoms with E-state index in [0.29, 0.717) is 0 Å². The molecule has 0 N–H and O–H groups in total. The highest BCUT2D eigenvalue weighted by Crippen LogP contribution is 2.48. The third-order valence-corrected chi connectivity index (χ3v) is 14.4. The molecule has 0 unspecified atom stereocenters. The van der Waals surface area contributed by atoms with Crippen LogP contribution in [0.4, 0.5) is 68.2 Å². The first kappa shape index (κ1) is 32.3. The number of rotatable bonds is 4. The fourth-order valence-corrected chi connectivity index (χ4v) is 12.4. The maximum absolute atomic E-state index is 2.58. The zero-order valence-electron chi connectivity index (χ0n) is 33.1. The first-order valence-corrected chi connectivity index (χ1v) is 21.5. The fraction of sp³-hybridized carbons (Fsp3) is 0. The standard InChI is InChI=1S/C54H33B3N4/c1-5-17-34(18-6-1)58-40-27-13-25-38-48(40)56-50-42(58)29-15-31-44(50)60(36-21-9-3-10-22-36)46-33-47-53-54(52(46)56)55(38)39-26-14-28-41-49(39)57(53)51-43(59(41)35-19-7-2-8-20-35)30-16-32-45(51)61(47)37-23-11-4-12-24-37/h1-33H. The highest BCUT2D eigenvalue weighted by atomic mass is 15.2. The summed E-state index contributed by atoms with van der Waals surface area (Å²) in [5, 5.41) is 0. The third kappa shape index (κ3) is 3.91. The van der Waals surface area contributed by atoms with Crippen LogP contribution in [0.25, 0.3) is 0 Å². The van der Waals surface area contributed by atoms with Gasteiger partial charge >= 0.3 is 0 Å². The maximum Gasteiger partial charge on any atom is 0.250 e. The van der Waals surface area contributed by atoms with E-state index in [2.05, 4.69) is 220 Å². The summed E-state index contributed by atoms with van der Waals surface area (Å²) in [5.74, 6) is 0. The molecule has 0 atom stereocenters. The van der Waals surface area contributed by atoms with Gasteiger partial charge in [0.25, 0.3) is 13.4 Å². The normalized spacial score (nSPS) is 14.7. The lowest BCUT2D eigenvalue weighted by Gasteiger charge is -2.53. The molecule has 61 heavy (non-hydrogen) atoms. The van der Waals surface area contributed by atoms with Crippen molar-refractivity contribution < 1.29 is 0 Å². The zero-order chi connectivity index (χ0) is 39.5. The van der Waals surface area contributed by atoms with Gasteiger partial charge in [-0.25, -0.2) is 0 Å². The first-order valence-electron chi connectivity index (χ1n) is 21.5. The van der Waals surface area contributed by atoms with Gasteiger partial charge < -0.3 is 19.6 Å². The van der Waals surface area contributed by atoms with Gasteiger partial charge in [0.15, 0.2) is 0 Å². The summed E-state index contributed by atoms with van der Waals surface area (Å²) >= 11 is 0. The molecule has 0 saturated carbocycles. The average Bonchev–Trinajstić information content (AvgIpc) is 3.32. The van der Waals surface area contributed by atoms with E-state index in [1.54, 1.807) is 0 Å². The Kier molecular flexibility index (Phi) is 6.11. The second-order valence-electron chi connectivity index (χ2n) is 17.1. The summed E-state index contributed by atoms with van der Waals surface area (Å²) in [4.78, 5) is 10.2. The Morgan fingerprint density at radius 2 is 0.508 bits per heavy atom. The second-order valence-corrected chi connectivity index (χ2v) is 17.1. The molecule has 6 aliphatic heterocycles. The molecule has 0 saturated heterocycles. The monoisotopic (exact) mass is 770 g/mol. The molecule has 7 heteroatoms. The van der Waals surface area contributed by atoms with Gasteiger partial charge in [-0.1, -0.05) is 126 Å². The quantitative estimate of drug-likeness (QED) is 0.179. The number of benzene rings is 9. The van der Waals surface area contributed by atoms with Crippen LogP contribution in [0.15, 0.2) is 200 Å². The molecule has 15 rings (SSSR count). The highest BCUT2D eigenvalue weighted by molar-refractivity contribution is 7.21. The van der Waals surface area contributed by atoms with Gasteiger partial charge in [0, 0.05) is 68.2 Å². The van der Waals surface area contributed by atoms with Gasteiger partial charge in [-0.2, -0.15) is 0 Å². The Morgan fingerprint density at radius 1 is 0.213 bits per heavy atom. The van der Waals surface area contributed by atoms with Crippen molar-refractivity contribution >= 4 is 138 Å². The summed E-state index contributed by atoms with van der Waals surface area (Å²) < 4.78 is 0. The zero-order valence-corrected chi connectivity index (χ0v) is 33.1. The summed E-state index contributed by atoms with van der Waals surface area (Å²) in [6, 6.07) is 75.0. The van der Waals surface area contributed by atoms with Crippen molar-refractivity contribution in [3.8, 4) is 0 Å². The van der Waals surface area contributed by atoms with E-state index in [4.69, 9.17) is 0 Å². The van der Waals surface area contributed by atoms with Gasteiger partial charge in [-0.15, -0.1) is 0 Å². The molecule has 0 amide bonds. The fourth-order valence-electron chi connectivity index (χ4n) is 12.4. The summed E-state index contributed by atoms with van der Waals surface area (Å²) in [6.45, 7) is 0.171.